The maximum Gasteiger partial charge on any atom is 0.238 e. The average molecular weight is 349 g/mol. The molecule has 3 heterocycles. The standard InChI is InChI=1S/C17H23N3O3S/c1-17(2,3)13-11-24-10-8-20(13)15(21)7-6-14-18-16(19-23-14)12-5-4-9-22-12/h4-5,9,13H,6-8,10-11H2,1-3H3. The molecule has 1 aliphatic rings. The SMILES string of the molecule is CC(C)(C)C1CSCCN1C(=O)CCc1nc(-c2ccco2)no1. The molecule has 7 heteroatoms. The van der Waals surface area contributed by atoms with Gasteiger partial charge in [-0.1, -0.05) is 25.9 Å². The van der Waals surface area contributed by atoms with Gasteiger partial charge in [-0.3, -0.25) is 4.79 Å². The number of furan rings is 1. The van der Waals surface area contributed by atoms with Crippen LogP contribution < -0.4 is 0 Å². The molecule has 0 radical (unpaired) electrons. The third-order valence-electron chi connectivity index (χ3n) is 4.21. The van der Waals surface area contributed by atoms with Crippen molar-refractivity contribution in [1.29, 1.82) is 0 Å². The fourth-order valence-electron chi connectivity index (χ4n) is 2.84. The molecular formula is C17H23N3O3S. The Kier molecular flexibility index (Phi) is 4.99. The molecule has 2 aromatic heterocycles. The highest BCUT2D eigenvalue weighted by Gasteiger charge is 2.35. The monoisotopic (exact) mass is 349 g/mol. The molecule has 2 aromatic rings. The van der Waals surface area contributed by atoms with Crippen molar-refractivity contribution >= 4 is 17.7 Å². The van der Waals surface area contributed by atoms with Crippen LogP contribution in [0.3, 0.4) is 0 Å². The average Bonchev–Trinajstić information content (AvgIpc) is 3.23. The summed E-state index contributed by atoms with van der Waals surface area (Å²) in [6.07, 6.45) is 2.40. The van der Waals surface area contributed by atoms with Gasteiger partial charge in [0, 0.05) is 36.9 Å². The maximum atomic E-state index is 12.7. The molecule has 6 nitrogen and oxygen atoms in total. The number of aryl methyl sites for hydroxylation is 1. The highest BCUT2D eigenvalue weighted by atomic mass is 32.2. The van der Waals surface area contributed by atoms with Gasteiger partial charge in [0.2, 0.25) is 17.6 Å². The van der Waals surface area contributed by atoms with Gasteiger partial charge in [0.15, 0.2) is 5.76 Å². The summed E-state index contributed by atoms with van der Waals surface area (Å²) < 4.78 is 10.5. The van der Waals surface area contributed by atoms with Crippen LogP contribution in [-0.2, 0) is 11.2 Å². The molecule has 0 saturated carbocycles. The maximum absolute atomic E-state index is 12.7. The Morgan fingerprint density at radius 3 is 3.00 bits per heavy atom. The van der Waals surface area contributed by atoms with Crippen LogP contribution >= 0.6 is 11.8 Å². The summed E-state index contributed by atoms with van der Waals surface area (Å²) >= 11 is 1.92. The van der Waals surface area contributed by atoms with Crippen LogP contribution in [0.1, 0.15) is 33.1 Å². The molecule has 1 unspecified atom stereocenters. The summed E-state index contributed by atoms with van der Waals surface area (Å²) in [6, 6.07) is 3.82. The molecule has 0 aromatic carbocycles. The van der Waals surface area contributed by atoms with Gasteiger partial charge in [-0.25, -0.2) is 0 Å². The number of amides is 1. The zero-order chi connectivity index (χ0) is 17.2. The van der Waals surface area contributed by atoms with E-state index in [2.05, 4.69) is 30.9 Å². The Morgan fingerprint density at radius 2 is 2.29 bits per heavy atom. The van der Waals surface area contributed by atoms with Gasteiger partial charge in [-0.2, -0.15) is 16.7 Å². The van der Waals surface area contributed by atoms with E-state index in [4.69, 9.17) is 8.94 Å². The molecule has 0 bridgehead atoms. The summed E-state index contributed by atoms with van der Waals surface area (Å²) in [5, 5.41) is 3.90. The van der Waals surface area contributed by atoms with Crippen molar-refractivity contribution in [3.05, 3.63) is 24.3 Å². The first kappa shape index (κ1) is 17.1. The molecule has 1 aliphatic heterocycles. The predicted molar refractivity (Wildman–Crippen MR) is 92.6 cm³/mol. The fourth-order valence-corrected chi connectivity index (χ4v) is 4.24. The number of carbonyl (C=O) groups excluding carboxylic acids is 1. The lowest BCUT2D eigenvalue weighted by Gasteiger charge is -2.43. The minimum absolute atomic E-state index is 0.0834. The Hall–Kier alpha value is -1.76. The number of hydrogen-bond donors (Lipinski definition) is 0. The lowest BCUT2D eigenvalue weighted by Crippen LogP contribution is -2.52. The number of nitrogens with zero attached hydrogens (tertiary/aromatic N) is 3. The van der Waals surface area contributed by atoms with Crippen molar-refractivity contribution in [1.82, 2.24) is 15.0 Å². The van der Waals surface area contributed by atoms with Crippen molar-refractivity contribution in [2.24, 2.45) is 5.41 Å². The molecule has 1 fully saturated rings. The first-order chi connectivity index (χ1) is 11.4. The zero-order valence-corrected chi connectivity index (χ0v) is 15.1. The van der Waals surface area contributed by atoms with E-state index >= 15 is 0 Å². The van der Waals surface area contributed by atoms with Gasteiger partial charge in [-0.15, -0.1) is 0 Å². The van der Waals surface area contributed by atoms with Crippen molar-refractivity contribution in [3.8, 4) is 11.6 Å². The van der Waals surface area contributed by atoms with Crippen LogP contribution in [0.15, 0.2) is 27.3 Å². The lowest BCUT2D eigenvalue weighted by atomic mass is 9.86. The summed E-state index contributed by atoms with van der Waals surface area (Å²) in [7, 11) is 0. The molecule has 0 spiro atoms. The van der Waals surface area contributed by atoms with Gasteiger partial charge in [0.25, 0.3) is 0 Å². The van der Waals surface area contributed by atoms with Crippen LogP contribution in [0.2, 0.25) is 0 Å². The summed E-state index contributed by atoms with van der Waals surface area (Å²) in [6.45, 7) is 7.39. The number of carbonyl (C=O) groups is 1. The lowest BCUT2D eigenvalue weighted by molar-refractivity contribution is -0.135. The van der Waals surface area contributed by atoms with E-state index in [1.165, 1.54) is 0 Å². The summed E-state index contributed by atoms with van der Waals surface area (Å²) in [4.78, 5) is 19.0. The van der Waals surface area contributed by atoms with Crippen molar-refractivity contribution in [2.45, 2.75) is 39.7 Å². The molecule has 0 N–H and O–H groups in total. The van der Waals surface area contributed by atoms with Crippen LogP contribution in [0.5, 0.6) is 0 Å². The molecule has 1 atom stereocenters. The van der Waals surface area contributed by atoms with E-state index in [0.29, 0.717) is 30.3 Å². The highest BCUT2D eigenvalue weighted by molar-refractivity contribution is 7.99. The minimum atomic E-state index is 0.0834. The Labute approximate surface area is 146 Å². The molecule has 3 rings (SSSR count). The third kappa shape index (κ3) is 3.83. The van der Waals surface area contributed by atoms with E-state index in [1.807, 2.05) is 16.7 Å². The van der Waals surface area contributed by atoms with Gasteiger partial charge in [0.05, 0.1) is 6.26 Å². The van der Waals surface area contributed by atoms with Crippen molar-refractivity contribution < 1.29 is 13.7 Å². The number of aromatic nitrogens is 2. The fraction of sp³-hybridized carbons (Fsp3) is 0.588. The summed E-state index contributed by atoms with van der Waals surface area (Å²) in [5.41, 5.74) is 0.0834. The second-order valence-corrected chi connectivity index (χ2v) is 8.18. The quantitative estimate of drug-likeness (QED) is 0.844. The molecule has 1 amide bonds. The predicted octanol–water partition coefficient (Wildman–Crippen LogP) is 3.25. The first-order valence-electron chi connectivity index (χ1n) is 8.19. The molecule has 130 valence electrons. The number of thioether (sulfide) groups is 1. The zero-order valence-electron chi connectivity index (χ0n) is 14.3. The van der Waals surface area contributed by atoms with Gasteiger partial charge >= 0.3 is 0 Å². The normalized spacial score (nSPS) is 18.8. The highest BCUT2D eigenvalue weighted by Crippen LogP contribution is 2.31. The third-order valence-corrected chi connectivity index (χ3v) is 5.23. The van der Waals surface area contributed by atoms with E-state index in [1.54, 1.807) is 18.4 Å². The molecule has 24 heavy (non-hydrogen) atoms. The Morgan fingerprint density at radius 1 is 1.46 bits per heavy atom. The van der Waals surface area contributed by atoms with Crippen LogP contribution in [-0.4, -0.2) is 45.0 Å². The van der Waals surface area contributed by atoms with Crippen LogP contribution in [0, 0.1) is 5.41 Å². The number of rotatable bonds is 4. The summed E-state index contributed by atoms with van der Waals surface area (Å²) in [5.74, 6) is 3.61. The van der Waals surface area contributed by atoms with Crippen LogP contribution in [0.25, 0.3) is 11.6 Å². The molecule has 1 saturated heterocycles. The van der Waals surface area contributed by atoms with Crippen LogP contribution in [0.4, 0.5) is 0 Å². The second kappa shape index (κ2) is 7.01. The first-order valence-corrected chi connectivity index (χ1v) is 9.34. The molecule has 0 aliphatic carbocycles. The van der Waals surface area contributed by atoms with Gasteiger partial charge in [0.1, 0.15) is 0 Å². The Bertz CT molecular complexity index is 676. The minimum Gasteiger partial charge on any atom is -0.461 e. The second-order valence-electron chi connectivity index (χ2n) is 7.03. The van der Waals surface area contributed by atoms with E-state index in [-0.39, 0.29) is 17.4 Å². The molecular weight excluding hydrogens is 326 g/mol. The van der Waals surface area contributed by atoms with Gasteiger partial charge in [-0.05, 0) is 17.5 Å². The largest absolute Gasteiger partial charge is 0.461 e. The topological polar surface area (TPSA) is 72.4 Å². The smallest absolute Gasteiger partial charge is 0.238 e. The van der Waals surface area contributed by atoms with E-state index in [0.717, 1.165) is 18.1 Å². The van der Waals surface area contributed by atoms with E-state index < -0.39 is 0 Å². The van der Waals surface area contributed by atoms with Crippen molar-refractivity contribution in [2.75, 3.05) is 18.1 Å². The number of hydrogen-bond acceptors (Lipinski definition) is 6. The van der Waals surface area contributed by atoms with Gasteiger partial charge < -0.3 is 13.8 Å². The van der Waals surface area contributed by atoms with Crippen molar-refractivity contribution in [3.63, 3.8) is 0 Å². The van der Waals surface area contributed by atoms with E-state index in [9.17, 15) is 4.79 Å². The Balaban J connectivity index is 1.60.